The van der Waals surface area contributed by atoms with Crippen molar-refractivity contribution in [3.63, 3.8) is 0 Å². The van der Waals surface area contributed by atoms with Gasteiger partial charge >= 0.3 is 11.8 Å². The lowest BCUT2D eigenvalue weighted by Crippen LogP contribution is -2.56. The fraction of sp³-hybridized carbons (Fsp3) is 0.526. The first kappa shape index (κ1) is 21.0. The molecule has 3 amide bonds. The van der Waals surface area contributed by atoms with Gasteiger partial charge in [0.25, 0.3) is 5.91 Å². The number of aryl methyl sites for hydroxylation is 1. The van der Waals surface area contributed by atoms with Crippen LogP contribution < -0.4 is 10.1 Å². The Bertz CT molecular complexity index is 715. The van der Waals surface area contributed by atoms with Crippen molar-refractivity contribution in [2.75, 3.05) is 26.2 Å². The van der Waals surface area contributed by atoms with E-state index in [1.54, 1.807) is 43.9 Å². The number of halogens is 1. The van der Waals surface area contributed by atoms with E-state index in [0.29, 0.717) is 37.0 Å². The summed E-state index contributed by atoms with van der Waals surface area (Å²) in [7, 11) is 0. The number of nitrogens with one attached hydrogen (secondary N) is 1. The molecule has 0 aromatic heterocycles. The van der Waals surface area contributed by atoms with Crippen LogP contribution in [-0.4, -0.2) is 65.8 Å². The van der Waals surface area contributed by atoms with E-state index >= 15 is 0 Å². The van der Waals surface area contributed by atoms with E-state index in [1.807, 2.05) is 6.92 Å². The number of rotatable bonds is 4. The highest BCUT2D eigenvalue weighted by Gasteiger charge is 2.30. The van der Waals surface area contributed by atoms with Crippen LogP contribution in [0.2, 0.25) is 5.02 Å². The molecule has 1 unspecified atom stereocenters. The van der Waals surface area contributed by atoms with Gasteiger partial charge in [0, 0.05) is 37.2 Å². The highest BCUT2D eigenvalue weighted by molar-refractivity contribution is 6.35. The lowest BCUT2D eigenvalue weighted by molar-refractivity contribution is -0.149. The Labute approximate surface area is 164 Å². The molecule has 148 valence electrons. The minimum absolute atomic E-state index is 0.0985. The molecule has 1 N–H and O–H groups in total. The zero-order chi connectivity index (χ0) is 20.1. The zero-order valence-electron chi connectivity index (χ0n) is 16.1. The van der Waals surface area contributed by atoms with E-state index in [1.165, 1.54) is 4.90 Å². The summed E-state index contributed by atoms with van der Waals surface area (Å²) in [5.41, 5.74) is 0.855. The van der Waals surface area contributed by atoms with E-state index in [9.17, 15) is 14.4 Å². The highest BCUT2D eigenvalue weighted by Crippen LogP contribution is 2.23. The summed E-state index contributed by atoms with van der Waals surface area (Å²) in [4.78, 5) is 39.7. The molecular formula is C19H26ClN3O4. The second-order valence-corrected chi connectivity index (χ2v) is 7.35. The standard InChI is InChI=1S/C19H26ClN3O4/c1-12(2)21-17(24)19(26)23-9-7-22(8-10-23)18(25)14(4)27-16-6-5-15(20)11-13(16)3/h5-6,11-12,14H,7-10H2,1-4H3,(H,21,24). The predicted molar refractivity (Wildman–Crippen MR) is 103 cm³/mol. The second-order valence-electron chi connectivity index (χ2n) is 6.92. The molecule has 0 aliphatic carbocycles. The van der Waals surface area contributed by atoms with Crippen LogP contribution in [0.4, 0.5) is 0 Å². The largest absolute Gasteiger partial charge is 0.481 e. The van der Waals surface area contributed by atoms with Gasteiger partial charge in [0.1, 0.15) is 5.75 Å². The summed E-state index contributed by atoms with van der Waals surface area (Å²) in [6, 6.07) is 5.14. The van der Waals surface area contributed by atoms with Crippen LogP contribution in [0, 0.1) is 6.92 Å². The first-order chi connectivity index (χ1) is 12.7. The summed E-state index contributed by atoms with van der Waals surface area (Å²) in [6.07, 6.45) is -0.656. The van der Waals surface area contributed by atoms with Gasteiger partial charge in [-0.25, -0.2) is 0 Å². The van der Waals surface area contributed by atoms with Gasteiger partial charge in [0.15, 0.2) is 6.10 Å². The van der Waals surface area contributed by atoms with Gasteiger partial charge in [0.2, 0.25) is 0 Å². The molecular weight excluding hydrogens is 370 g/mol. The van der Waals surface area contributed by atoms with E-state index in [2.05, 4.69) is 5.32 Å². The molecule has 1 aliphatic heterocycles. The summed E-state index contributed by atoms with van der Waals surface area (Å²) >= 11 is 5.94. The molecule has 7 nitrogen and oxygen atoms in total. The second kappa shape index (κ2) is 9.08. The van der Waals surface area contributed by atoms with Crippen molar-refractivity contribution < 1.29 is 19.1 Å². The highest BCUT2D eigenvalue weighted by atomic mass is 35.5. The molecule has 0 spiro atoms. The van der Waals surface area contributed by atoms with Gasteiger partial charge in [-0.3, -0.25) is 14.4 Å². The Kier molecular flexibility index (Phi) is 7.07. The Balaban J connectivity index is 1.88. The quantitative estimate of drug-likeness (QED) is 0.785. The fourth-order valence-electron chi connectivity index (χ4n) is 2.84. The Morgan fingerprint density at radius 1 is 1.07 bits per heavy atom. The maximum atomic E-state index is 12.6. The van der Waals surface area contributed by atoms with E-state index in [4.69, 9.17) is 16.3 Å². The number of benzene rings is 1. The number of piperazine rings is 1. The van der Waals surface area contributed by atoms with Crippen LogP contribution in [-0.2, 0) is 14.4 Å². The Morgan fingerprint density at radius 3 is 2.22 bits per heavy atom. The molecule has 1 aliphatic rings. The molecule has 0 bridgehead atoms. The lowest BCUT2D eigenvalue weighted by Gasteiger charge is -2.35. The number of nitrogens with zero attached hydrogens (tertiary/aromatic N) is 2. The zero-order valence-corrected chi connectivity index (χ0v) is 16.9. The van der Waals surface area contributed by atoms with Gasteiger partial charge in [-0.2, -0.15) is 0 Å². The molecule has 1 fully saturated rings. The number of ether oxygens (including phenoxy) is 1. The van der Waals surface area contributed by atoms with Crippen LogP contribution in [0.1, 0.15) is 26.3 Å². The van der Waals surface area contributed by atoms with Crippen molar-refractivity contribution in [1.82, 2.24) is 15.1 Å². The first-order valence-corrected chi connectivity index (χ1v) is 9.38. The van der Waals surface area contributed by atoms with Crippen molar-refractivity contribution >= 4 is 29.3 Å². The van der Waals surface area contributed by atoms with Crippen LogP contribution in [0.5, 0.6) is 5.75 Å². The average Bonchev–Trinajstić information content (AvgIpc) is 2.62. The molecule has 2 rings (SSSR count). The predicted octanol–water partition coefficient (Wildman–Crippen LogP) is 1.61. The maximum Gasteiger partial charge on any atom is 0.312 e. The Hall–Kier alpha value is -2.28. The number of carbonyl (C=O) groups is 3. The average molecular weight is 396 g/mol. The van der Waals surface area contributed by atoms with E-state index < -0.39 is 17.9 Å². The third-order valence-electron chi connectivity index (χ3n) is 4.28. The number of hydrogen-bond donors (Lipinski definition) is 1. The van der Waals surface area contributed by atoms with Crippen molar-refractivity contribution in [3.05, 3.63) is 28.8 Å². The van der Waals surface area contributed by atoms with Crippen molar-refractivity contribution in [2.45, 2.75) is 39.8 Å². The fourth-order valence-corrected chi connectivity index (χ4v) is 3.07. The SMILES string of the molecule is Cc1cc(Cl)ccc1OC(C)C(=O)N1CCN(C(=O)C(=O)NC(C)C)CC1. The van der Waals surface area contributed by atoms with Gasteiger partial charge in [-0.15, -0.1) is 0 Å². The lowest BCUT2D eigenvalue weighted by atomic mass is 10.2. The molecule has 1 aromatic carbocycles. The molecule has 1 atom stereocenters. The minimum atomic E-state index is -0.656. The van der Waals surface area contributed by atoms with Crippen molar-refractivity contribution in [3.8, 4) is 5.75 Å². The summed E-state index contributed by atoms with van der Waals surface area (Å²) < 4.78 is 5.78. The van der Waals surface area contributed by atoms with E-state index in [-0.39, 0.29) is 11.9 Å². The molecule has 1 heterocycles. The molecule has 8 heteroatoms. The van der Waals surface area contributed by atoms with Gasteiger partial charge in [-0.05, 0) is 51.5 Å². The normalized spacial score (nSPS) is 15.5. The third-order valence-corrected chi connectivity index (χ3v) is 4.52. The monoisotopic (exact) mass is 395 g/mol. The number of amides is 3. The third kappa shape index (κ3) is 5.60. The van der Waals surface area contributed by atoms with Crippen LogP contribution >= 0.6 is 11.6 Å². The minimum Gasteiger partial charge on any atom is -0.481 e. The summed E-state index contributed by atoms with van der Waals surface area (Å²) in [5.74, 6) is -0.709. The van der Waals surface area contributed by atoms with Crippen molar-refractivity contribution in [1.29, 1.82) is 0 Å². The van der Waals surface area contributed by atoms with Crippen molar-refractivity contribution in [2.24, 2.45) is 0 Å². The van der Waals surface area contributed by atoms with Gasteiger partial charge < -0.3 is 19.9 Å². The van der Waals surface area contributed by atoms with Crippen LogP contribution in [0.15, 0.2) is 18.2 Å². The molecule has 1 saturated heterocycles. The maximum absolute atomic E-state index is 12.6. The van der Waals surface area contributed by atoms with E-state index in [0.717, 1.165) is 5.56 Å². The van der Waals surface area contributed by atoms with Crippen LogP contribution in [0.3, 0.4) is 0 Å². The first-order valence-electron chi connectivity index (χ1n) is 9.00. The Morgan fingerprint density at radius 2 is 1.67 bits per heavy atom. The smallest absolute Gasteiger partial charge is 0.312 e. The van der Waals surface area contributed by atoms with Crippen LogP contribution in [0.25, 0.3) is 0 Å². The number of carbonyl (C=O) groups excluding carboxylic acids is 3. The van der Waals surface area contributed by atoms with Gasteiger partial charge in [0.05, 0.1) is 0 Å². The summed E-state index contributed by atoms with van der Waals surface area (Å²) in [6.45, 7) is 8.54. The molecule has 0 saturated carbocycles. The molecule has 0 radical (unpaired) electrons. The molecule has 1 aromatic rings. The summed E-state index contributed by atoms with van der Waals surface area (Å²) in [5, 5.41) is 3.20. The number of hydrogen-bond acceptors (Lipinski definition) is 4. The topological polar surface area (TPSA) is 79.0 Å². The molecule has 27 heavy (non-hydrogen) atoms. The van der Waals surface area contributed by atoms with Gasteiger partial charge in [-0.1, -0.05) is 11.6 Å².